The molecule has 3 heterocycles. The fourth-order valence-corrected chi connectivity index (χ4v) is 5.74. The standard InChI is InChI=1S/C29H31N7O4/c1-38-21-13-11-20(12-14-21)36-28(31-32-33-36)26(22-7-6-10-25(39-2)27(22)40-3)34-17-15-19(16-18-34)35-24-9-5-4-8-23(24)30-29(35)37/h4-14,19,26H,15-18H2,1-3H3,(H,30,37). The second-order valence-corrected chi connectivity index (χ2v) is 9.72. The summed E-state index contributed by atoms with van der Waals surface area (Å²) in [5.74, 6) is 2.67. The lowest BCUT2D eigenvalue weighted by molar-refractivity contribution is 0.146. The Morgan fingerprint density at radius 1 is 0.900 bits per heavy atom. The van der Waals surface area contributed by atoms with Gasteiger partial charge in [-0.1, -0.05) is 24.3 Å². The average Bonchev–Trinajstić information content (AvgIpc) is 3.61. The van der Waals surface area contributed by atoms with Gasteiger partial charge in [0, 0.05) is 24.7 Å². The summed E-state index contributed by atoms with van der Waals surface area (Å²) in [7, 11) is 4.90. The molecule has 1 atom stereocenters. The van der Waals surface area contributed by atoms with Crippen molar-refractivity contribution < 1.29 is 14.2 Å². The number of fused-ring (bicyclic) bond motifs is 1. The van der Waals surface area contributed by atoms with E-state index >= 15 is 0 Å². The number of H-pyrrole nitrogens is 1. The molecule has 0 aliphatic carbocycles. The Morgan fingerprint density at radius 3 is 2.40 bits per heavy atom. The molecule has 0 bridgehead atoms. The average molecular weight is 542 g/mol. The maximum Gasteiger partial charge on any atom is 0.326 e. The van der Waals surface area contributed by atoms with Crippen LogP contribution in [0.15, 0.2) is 71.5 Å². The number of aromatic nitrogens is 6. The lowest BCUT2D eigenvalue weighted by Gasteiger charge is -2.37. The van der Waals surface area contributed by atoms with Gasteiger partial charge >= 0.3 is 5.69 Å². The molecule has 11 heteroatoms. The molecule has 2 aromatic heterocycles. The van der Waals surface area contributed by atoms with Gasteiger partial charge in [0.1, 0.15) is 11.8 Å². The number of aromatic amines is 1. The van der Waals surface area contributed by atoms with Gasteiger partial charge < -0.3 is 19.2 Å². The highest BCUT2D eigenvalue weighted by atomic mass is 16.5. The quantitative estimate of drug-likeness (QED) is 0.316. The number of hydrogen-bond donors (Lipinski definition) is 1. The normalized spacial score (nSPS) is 15.3. The molecular formula is C29H31N7O4. The third-order valence-corrected chi connectivity index (χ3v) is 7.64. The van der Waals surface area contributed by atoms with Gasteiger partial charge in [0.05, 0.1) is 38.1 Å². The molecule has 0 amide bonds. The van der Waals surface area contributed by atoms with E-state index in [1.54, 1.807) is 26.0 Å². The number of nitrogens with zero attached hydrogens (tertiary/aromatic N) is 6. The Bertz CT molecular complexity index is 1670. The molecule has 6 rings (SSSR count). The van der Waals surface area contributed by atoms with Crippen molar-refractivity contribution in [2.45, 2.75) is 24.9 Å². The summed E-state index contributed by atoms with van der Waals surface area (Å²) in [6.45, 7) is 1.44. The molecule has 40 heavy (non-hydrogen) atoms. The van der Waals surface area contributed by atoms with Crippen molar-refractivity contribution in [1.29, 1.82) is 0 Å². The summed E-state index contributed by atoms with van der Waals surface area (Å²) in [6, 6.07) is 21.0. The topological polar surface area (TPSA) is 112 Å². The predicted molar refractivity (Wildman–Crippen MR) is 149 cm³/mol. The summed E-state index contributed by atoms with van der Waals surface area (Å²) in [5.41, 5.74) is 3.42. The third-order valence-electron chi connectivity index (χ3n) is 7.64. The van der Waals surface area contributed by atoms with Crippen molar-refractivity contribution >= 4 is 11.0 Å². The number of tetrazole rings is 1. The first-order valence-electron chi connectivity index (χ1n) is 13.2. The number of rotatable bonds is 8. The van der Waals surface area contributed by atoms with Crippen LogP contribution in [0.3, 0.4) is 0 Å². The van der Waals surface area contributed by atoms with E-state index in [0.29, 0.717) is 17.3 Å². The first-order chi connectivity index (χ1) is 19.6. The zero-order valence-corrected chi connectivity index (χ0v) is 22.7. The molecule has 206 valence electrons. The molecule has 3 aromatic carbocycles. The molecule has 1 aliphatic heterocycles. The largest absolute Gasteiger partial charge is 0.497 e. The second kappa shape index (κ2) is 10.9. The maximum absolute atomic E-state index is 12.9. The lowest BCUT2D eigenvalue weighted by atomic mass is 9.97. The van der Waals surface area contributed by atoms with Gasteiger partial charge in [-0.2, -0.15) is 4.68 Å². The van der Waals surface area contributed by atoms with Crippen molar-refractivity contribution in [1.82, 2.24) is 34.7 Å². The minimum atomic E-state index is -0.331. The van der Waals surface area contributed by atoms with Crippen LogP contribution >= 0.6 is 0 Å². The van der Waals surface area contributed by atoms with Crippen molar-refractivity contribution in [3.63, 3.8) is 0 Å². The van der Waals surface area contributed by atoms with E-state index in [-0.39, 0.29) is 17.8 Å². The Kier molecular flexibility index (Phi) is 6.95. The number of benzene rings is 3. The summed E-state index contributed by atoms with van der Waals surface area (Å²) in [5, 5.41) is 12.9. The zero-order chi connectivity index (χ0) is 27.6. The van der Waals surface area contributed by atoms with E-state index < -0.39 is 0 Å². The summed E-state index contributed by atoms with van der Waals surface area (Å²) < 4.78 is 20.5. The fraction of sp³-hybridized carbons (Fsp3) is 0.310. The molecule has 1 N–H and O–H groups in total. The van der Waals surface area contributed by atoms with Crippen LogP contribution in [0.5, 0.6) is 17.2 Å². The van der Waals surface area contributed by atoms with Crippen LogP contribution in [-0.2, 0) is 0 Å². The Balaban J connectivity index is 1.39. The summed E-state index contributed by atoms with van der Waals surface area (Å²) in [4.78, 5) is 18.2. The van der Waals surface area contributed by atoms with Gasteiger partial charge in [-0.3, -0.25) is 9.47 Å². The first-order valence-corrected chi connectivity index (χ1v) is 13.2. The molecule has 0 radical (unpaired) electrons. The van der Waals surface area contributed by atoms with Crippen molar-refractivity contribution in [2.75, 3.05) is 34.4 Å². The number of imidazole rings is 1. The Labute approximate surface area is 230 Å². The summed E-state index contributed by atoms with van der Waals surface area (Å²) in [6.07, 6.45) is 1.57. The molecule has 0 spiro atoms. The maximum atomic E-state index is 12.9. The molecule has 1 unspecified atom stereocenters. The second-order valence-electron chi connectivity index (χ2n) is 9.72. The number of nitrogens with one attached hydrogen (secondary N) is 1. The van der Waals surface area contributed by atoms with Crippen LogP contribution in [0, 0.1) is 0 Å². The van der Waals surface area contributed by atoms with Gasteiger partial charge in [0.15, 0.2) is 17.3 Å². The Hall–Kier alpha value is -4.64. The van der Waals surface area contributed by atoms with Crippen LogP contribution in [0.2, 0.25) is 0 Å². The van der Waals surface area contributed by atoms with E-state index in [1.165, 1.54) is 0 Å². The van der Waals surface area contributed by atoms with E-state index in [4.69, 9.17) is 14.2 Å². The van der Waals surface area contributed by atoms with Gasteiger partial charge in [-0.15, -0.1) is 5.10 Å². The van der Waals surface area contributed by atoms with Crippen molar-refractivity contribution in [3.8, 4) is 22.9 Å². The van der Waals surface area contributed by atoms with Gasteiger partial charge in [0.25, 0.3) is 0 Å². The van der Waals surface area contributed by atoms with Crippen LogP contribution in [-0.4, -0.2) is 69.1 Å². The highest BCUT2D eigenvalue weighted by molar-refractivity contribution is 5.75. The predicted octanol–water partition coefficient (Wildman–Crippen LogP) is 3.76. The van der Waals surface area contributed by atoms with E-state index in [1.807, 2.05) is 71.3 Å². The van der Waals surface area contributed by atoms with Crippen LogP contribution in [0.25, 0.3) is 16.7 Å². The fourth-order valence-electron chi connectivity index (χ4n) is 5.74. The lowest BCUT2D eigenvalue weighted by Crippen LogP contribution is -2.40. The molecule has 5 aromatic rings. The molecule has 1 fully saturated rings. The number of ether oxygens (including phenoxy) is 3. The van der Waals surface area contributed by atoms with Crippen molar-refractivity contribution in [2.24, 2.45) is 0 Å². The third kappa shape index (κ3) is 4.47. The van der Waals surface area contributed by atoms with Gasteiger partial charge in [-0.05, 0) is 65.7 Å². The van der Waals surface area contributed by atoms with Gasteiger partial charge in [-0.25, -0.2) is 4.79 Å². The number of methoxy groups -OCH3 is 3. The molecule has 1 aliphatic rings. The van der Waals surface area contributed by atoms with E-state index in [9.17, 15) is 4.79 Å². The minimum Gasteiger partial charge on any atom is -0.497 e. The number of para-hydroxylation sites is 3. The molecular weight excluding hydrogens is 510 g/mol. The monoisotopic (exact) mass is 541 g/mol. The van der Waals surface area contributed by atoms with E-state index in [2.05, 4.69) is 25.4 Å². The molecule has 11 nitrogen and oxygen atoms in total. The molecule has 0 saturated carbocycles. The Morgan fingerprint density at radius 2 is 1.68 bits per heavy atom. The molecule has 1 saturated heterocycles. The SMILES string of the molecule is COc1ccc(-n2nnnc2C(c2cccc(OC)c2OC)N2CCC(n3c(=O)[nH]c4ccccc43)CC2)cc1. The van der Waals surface area contributed by atoms with Crippen molar-refractivity contribution in [3.05, 3.63) is 88.6 Å². The number of piperidine rings is 1. The van der Waals surface area contributed by atoms with E-state index in [0.717, 1.165) is 54.0 Å². The number of likely N-dealkylation sites (tertiary alicyclic amines) is 1. The van der Waals surface area contributed by atoms with Gasteiger partial charge in [0.2, 0.25) is 0 Å². The van der Waals surface area contributed by atoms with Crippen LogP contribution in [0.4, 0.5) is 0 Å². The zero-order valence-electron chi connectivity index (χ0n) is 22.7. The van der Waals surface area contributed by atoms with Crippen LogP contribution < -0.4 is 19.9 Å². The van der Waals surface area contributed by atoms with Crippen LogP contribution in [0.1, 0.15) is 36.3 Å². The number of hydrogen-bond acceptors (Lipinski definition) is 8. The summed E-state index contributed by atoms with van der Waals surface area (Å²) >= 11 is 0. The highest BCUT2D eigenvalue weighted by Gasteiger charge is 2.35. The first kappa shape index (κ1) is 25.6. The smallest absolute Gasteiger partial charge is 0.326 e. The minimum absolute atomic E-state index is 0.0744. The highest BCUT2D eigenvalue weighted by Crippen LogP contribution is 2.41.